The van der Waals surface area contributed by atoms with Crippen LogP contribution in [0.5, 0.6) is 0 Å². The number of nitrogens with two attached hydrogens (primary N) is 1. The van der Waals surface area contributed by atoms with E-state index in [-0.39, 0.29) is 5.41 Å². The Hall–Kier alpha value is -1.06. The lowest BCUT2D eigenvalue weighted by Crippen LogP contribution is -2.41. The molecule has 1 saturated heterocycles. The summed E-state index contributed by atoms with van der Waals surface area (Å²) in [4.78, 5) is 2.28. The van der Waals surface area contributed by atoms with E-state index in [1.54, 1.807) is 0 Å². The van der Waals surface area contributed by atoms with Crippen LogP contribution in [-0.4, -0.2) is 33.4 Å². The van der Waals surface area contributed by atoms with E-state index < -0.39 is 0 Å². The van der Waals surface area contributed by atoms with Gasteiger partial charge >= 0.3 is 0 Å². The highest BCUT2D eigenvalue weighted by Gasteiger charge is 2.34. The first kappa shape index (κ1) is 12.4. The number of anilines is 1. The van der Waals surface area contributed by atoms with E-state index in [1.807, 2.05) is 0 Å². The van der Waals surface area contributed by atoms with Gasteiger partial charge in [0, 0.05) is 37.8 Å². The molecule has 3 heteroatoms. The van der Waals surface area contributed by atoms with Gasteiger partial charge in [-0.2, -0.15) is 0 Å². The number of hydrogen-bond donors (Lipinski definition) is 1. The first-order valence-electron chi connectivity index (χ1n) is 6.21. The van der Waals surface area contributed by atoms with Crippen LogP contribution in [0.25, 0.3) is 0 Å². The third-order valence-corrected chi connectivity index (χ3v) is 3.67. The molecule has 17 heavy (non-hydrogen) atoms. The molecular weight excluding hydrogens is 212 g/mol. The molecule has 0 spiro atoms. The van der Waals surface area contributed by atoms with Crippen molar-refractivity contribution < 1.29 is 4.74 Å². The maximum atomic E-state index is 5.91. The number of ether oxygens (including phenoxy) is 1. The molecular formula is C14H22N2O. The van der Waals surface area contributed by atoms with E-state index in [0.29, 0.717) is 6.54 Å². The van der Waals surface area contributed by atoms with Crippen LogP contribution in [0.1, 0.15) is 12.0 Å². The lowest BCUT2D eigenvalue weighted by Gasteiger charge is -2.32. The molecule has 1 aliphatic rings. The van der Waals surface area contributed by atoms with Crippen LogP contribution in [0.3, 0.4) is 0 Å². The van der Waals surface area contributed by atoms with Crippen LogP contribution >= 0.6 is 0 Å². The summed E-state index contributed by atoms with van der Waals surface area (Å²) in [6, 6.07) is 8.61. The van der Waals surface area contributed by atoms with E-state index in [0.717, 1.165) is 26.2 Å². The van der Waals surface area contributed by atoms with E-state index >= 15 is 0 Å². The van der Waals surface area contributed by atoms with Gasteiger partial charge in [0.2, 0.25) is 0 Å². The minimum Gasteiger partial charge on any atom is -0.381 e. The van der Waals surface area contributed by atoms with Crippen molar-refractivity contribution in [2.75, 3.05) is 38.3 Å². The second kappa shape index (κ2) is 5.07. The highest BCUT2D eigenvalue weighted by molar-refractivity contribution is 5.47. The predicted octanol–water partition coefficient (Wildman–Crippen LogP) is 1.80. The summed E-state index contributed by atoms with van der Waals surface area (Å²) >= 11 is 0. The molecule has 2 rings (SSSR count). The zero-order chi connectivity index (χ0) is 12.3. The number of nitrogens with zero attached hydrogens (tertiary/aromatic N) is 1. The van der Waals surface area contributed by atoms with Gasteiger partial charge in [-0.3, -0.25) is 0 Å². The largest absolute Gasteiger partial charge is 0.381 e. The normalized spacial score (nSPS) is 23.9. The van der Waals surface area contributed by atoms with Crippen molar-refractivity contribution in [3.63, 3.8) is 0 Å². The topological polar surface area (TPSA) is 38.5 Å². The summed E-state index contributed by atoms with van der Waals surface area (Å²) in [5.74, 6) is 0. The van der Waals surface area contributed by atoms with Gasteiger partial charge in [-0.1, -0.05) is 17.7 Å². The molecule has 1 heterocycles. The summed E-state index contributed by atoms with van der Waals surface area (Å²) in [7, 11) is 2.13. The number of benzene rings is 1. The Morgan fingerprint density at radius 2 is 2.06 bits per heavy atom. The first-order chi connectivity index (χ1) is 8.15. The maximum absolute atomic E-state index is 5.91. The molecule has 94 valence electrons. The van der Waals surface area contributed by atoms with E-state index in [2.05, 4.69) is 43.1 Å². The third kappa shape index (κ3) is 2.79. The van der Waals surface area contributed by atoms with Gasteiger partial charge in [0.25, 0.3) is 0 Å². The molecule has 1 atom stereocenters. The second-order valence-electron chi connectivity index (χ2n) is 5.20. The molecule has 0 radical (unpaired) electrons. The molecule has 3 nitrogen and oxygen atoms in total. The minimum absolute atomic E-state index is 0.139. The van der Waals surface area contributed by atoms with Crippen molar-refractivity contribution in [3.8, 4) is 0 Å². The molecule has 0 bridgehead atoms. The Labute approximate surface area is 104 Å². The van der Waals surface area contributed by atoms with Crippen molar-refractivity contribution in [1.29, 1.82) is 0 Å². The molecule has 0 amide bonds. The first-order valence-corrected chi connectivity index (χ1v) is 6.21. The number of aryl methyl sites for hydroxylation is 1. The smallest absolute Gasteiger partial charge is 0.0552 e. The number of rotatable bonds is 4. The molecule has 1 aromatic rings. The van der Waals surface area contributed by atoms with Crippen LogP contribution in [0, 0.1) is 12.3 Å². The van der Waals surface area contributed by atoms with Crippen molar-refractivity contribution >= 4 is 5.69 Å². The number of hydrogen-bond acceptors (Lipinski definition) is 3. The SMILES string of the molecule is Cc1ccc(N(C)CC2(CN)CCOC2)cc1. The van der Waals surface area contributed by atoms with Gasteiger partial charge in [-0.15, -0.1) is 0 Å². The van der Waals surface area contributed by atoms with Gasteiger partial charge < -0.3 is 15.4 Å². The standard InChI is InChI=1S/C14H22N2O/c1-12-3-5-13(6-4-12)16(2)10-14(9-15)7-8-17-11-14/h3-6H,7-11,15H2,1-2H3. The second-order valence-corrected chi connectivity index (χ2v) is 5.20. The third-order valence-electron chi connectivity index (χ3n) is 3.67. The molecule has 1 aliphatic heterocycles. The van der Waals surface area contributed by atoms with Crippen molar-refractivity contribution in [3.05, 3.63) is 29.8 Å². The van der Waals surface area contributed by atoms with Gasteiger partial charge in [0.1, 0.15) is 0 Å². The minimum atomic E-state index is 0.139. The van der Waals surface area contributed by atoms with Crippen molar-refractivity contribution in [2.24, 2.45) is 11.1 Å². The molecule has 1 fully saturated rings. The zero-order valence-corrected chi connectivity index (χ0v) is 10.8. The highest BCUT2D eigenvalue weighted by Crippen LogP contribution is 2.29. The predicted molar refractivity (Wildman–Crippen MR) is 71.4 cm³/mol. The fourth-order valence-corrected chi connectivity index (χ4v) is 2.39. The van der Waals surface area contributed by atoms with Crippen LogP contribution in [-0.2, 0) is 4.74 Å². The van der Waals surface area contributed by atoms with Gasteiger partial charge in [0.15, 0.2) is 0 Å². The Morgan fingerprint density at radius 3 is 2.59 bits per heavy atom. The molecule has 1 aromatic carbocycles. The quantitative estimate of drug-likeness (QED) is 0.863. The summed E-state index contributed by atoms with van der Waals surface area (Å²) in [6.45, 7) is 5.41. The molecule has 2 N–H and O–H groups in total. The molecule has 1 unspecified atom stereocenters. The van der Waals surface area contributed by atoms with Crippen molar-refractivity contribution in [2.45, 2.75) is 13.3 Å². The Morgan fingerprint density at radius 1 is 1.35 bits per heavy atom. The van der Waals surface area contributed by atoms with Crippen LogP contribution < -0.4 is 10.6 Å². The summed E-state index contributed by atoms with van der Waals surface area (Å²) < 4.78 is 5.50. The summed E-state index contributed by atoms with van der Waals surface area (Å²) in [5.41, 5.74) is 8.59. The fourth-order valence-electron chi connectivity index (χ4n) is 2.39. The van der Waals surface area contributed by atoms with Crippen LogP contribution in [0.15, 0.2) is 24.3 Å². The van der Waals surface area contributed by atoms with Crippen molar-refractivity contribution in [1.82, 2.24) is 0 Å². The molecule has 0 aliphatic carbocycles. The lowest BCUT2D eigenvalue weighted by molar-refractivity contribution is 0.157. The maximum Gasteiger partial charge on any atom is 0.0552 e. The van der Waals surface area contributed by atoms with E-state index in [4.69, 9.17) is 10.5 Å². The highest BCUT2D eigenvalue weighted by atomic mass is 16.5. The van der Waals surface area contributed by atoms with Gasteiger partial charge in [-0.05, 0) is 25.5 Å². The van der Waals surface area contributed by atoms with Gasteiger partial charge in [-0.25, -0.2) is 0 Å². The summed E-state index contributed by atoms with van der Waals surface area (Å²) in [5, 5.41) is 0. The summed E-state index contributed by atoms with van der Waals surface area (Å²) in [6.07, 6.45) is 1.07. The lowest BCUT2D eigenvalue weighted by atomic mass is 9.87. The zero-order valence-electron chi connectivity index (χ0n) is 10.8. The average molecular weight is 234 g/mol. The Kier molecular flexibility index (Phi) is 3.69. The Bertz CT molecular complexity index is 355. The van der Waals surface area contributed by atoms with E-state index in [1.165, 1.54) is 11.3 Å². The monoisotopic (exact) mass is 234 g/mol. The van der Waals surface area contributed by atoms with E-state index in [9.17, 15) is 0 Å². The molecule has 0 saturated carbocycles. The van der Waals surface area contributed by atoms with Crippen LogP contribution in [0.4, 0.5) is 5.69 Å². The average Bonchev–Trinajstić information content (AvgIpc) is 2.79. The van der Waals surface area contributed by atoms with Gasteiger partial charge in [0.05, 0.1) is 6.61 Å². The Balaban J connectivity index is 2.05. The molecule has 0 aromatic heterocycles. The van der Waals surface area contributed by atoms with Crippen LogP contribution in [0.2, 0.25) is 0 Å². The fraction of sp³-hybridized carbons (Fsp3) is 0.571.